The van der Waals surface area contributed by atoms with Gasteiger partial charge in [-0.1, -0.05) is 0 Å². The molecule has 0 aromatic heterocycles. The van der Waals surface area contributed by atoms with Crippen molar-refractivity contribution in [3.05, 3.63) is 54.1 Å². The minimum atomic E-state index is -0.982. The molecular weight excluding hydrogens is 334 g/mol. The average Bonchev–Trinajstić information content (AvgIpc) is 2.52. The van der Waals surface area contributed by atoms with Gasteiger partial charge in [-0.25, -0.2) is 13.6 Å². The Hall–Kier alpha value is -3.16. The molecule has 132 valence electrons. The Kier molecular flexibility index (Phi) is 5.53. The SMILES string of the molecule is CC(COc1ccc(N(C(N)=O)c2cc(F)cc(F)c2)cc1)C(=O)O. The Morgan fingerprint density at radius 3 is 2.16 bits per heavy atom. The summed E-state index contributed by atoms with van der Waals surface area (Å²) in [6.45, 7) is 1.48. The zero-order valence-corrected chi connectivity index (χ0v) is 13.3. The number of nitrogens with two attached hydrogens (primary N) is 1. The van der Waals surface area contributed by atoms with Crippen molar-refractivity contribution in [2.45, 2.75) is 6.92 Å². The van der Waals surface area contributed by atoms with E-state index in [0.29, 0.717) is 11.8 Å². The first-order valence-corrected chi connectivity index (χ1v) is 7.29. The van der Waals surface area contributed by atoms with E-state index in [1.54, 1.807) is 0 Å². The number of rotatable bonds is 6. The molecule has 8 heteroatoms. The Balaban J connectivity index is 2.22. The summed E-state index contributed by atoms with van der Waals surface area (Å²) in [6.07, 6.45) is 0. The highest BCUT2D eigenvalue weighted by Gasteiger charge is 2.17. The number of benzene rings is 2. The maximum Gasteiger partial charge on any atom is 0.323 e. The van der Waals surface area contributed by atoms with Crippen molar-refractivity contribution in [2.24, 2.45) is 11.7 Å². The number of amides is 2. The Bertz CT molecular complexity index is 760. The number of urea groups is 1. The molecule has 0 aliphatic heterocycles. The summed E-state index contributed by atoms with van der Waals surface area (Å²) in [5, 5.41) is 8.81. The second-order valence-electron chi connectivity index (χ2n) is 5.35. The second kappa shape index (κ2) is 7.61. The van der Waals surface area contributed by atoms with E-state index < -0.39 is 29.6 Å². The summed E-state index contributed by atoms with van der Waals surface area (Å²) in [4.78, 5) is 23.4. The largest absolute Gasteiger partial charge is 0.493 e. The molecule has 2 aromatic rings. The number of aliphatic carboxylic acids is 1. The molecule has 2 rings (SSSR count). The van der Waals surface area contributed by atoms with Crippen molar-refractivity contribution in [1.29, 1.82) is 0 Å². The maximum absolute atomic E-state index is 13.4. The zero-order chi connectivity index (χ0) is 18.6. The van der Waals surface area contributed by atoms with Crippen LogP contribution in [0.4, 0.5) is 25.0 Å². The van der Waals surface area contributed by atoms with Gasteiger partial charge in [0.25, 0.3) is 0 Å². The number of carboxylic acids is 1. The van der Waals surface area contributed by atoms with E-state index in [4.69, 9.17) is 15.6 Å². The van der Waals surface area contributed by atoms with Gasteiger partial charge in [0.2, 0.25) is 0 Å². The molecule has 2 amide bonds. The fraction of sp³-hybridized carbons (Fsp3) is 0.176. The van der Waals surface area contributed by atoms with Crippen molar-refractivity contribution >= 4 is 23.4 Å². The molecule has 6 nitrogen and oxygen atoms in total. The molecule has 0 saturated heterocycles. The van der Waals surface area contributed by atoms with Crippen molar-refractivity contribution in [1.82, 2.24) is 0 Å². The van der Waals surface area contributed by atoms with E-state index in [-0.39, 0.29) is 18.0 Å². The average molecular weight is 350 g/mol. The zero-order valence-electron chi connectivity index (χ0n) is 13.3. The number of halogens is 2. The van der Waals surface area contributed by atoms with Crippen molar-refractivity contribution in [3.8, 4) is 5.75 Å². The Morgan fingerprint density at radius 1 is 1.12 bits per heavy atom. The lowest BCUT2D eigenvalue weighted by Gasteiger charge is -2.21. The number of carboxylic acid groups (broad SMARTS) is 1. The molecule has 1 atom stereocenters. The van der Waals surface area contributed by atoms with Crippen LogP contribution in [0.15, 0.2) is 42.5 Å². The van der Waals surface area contributed by atoms with Crippen LogP contribution in [0.25, 0.3) is 0 Å². The molecule has 0 fully saturated rings. The Labute approximate surface area is 142 Å². The van der Waals surface area contributed by atoms with Crippen LogP contribution in [0.1, 0.15) is 6.92 Å². The maximum atomic E-state index is 13.4. The lowest BCUT2D eigenvalue weighted by Crippen LogP contribution is -2.31. The van der Waals surface area contributed by atoms with Crippen molar-refractivity contribution in [2.75, 3.05) is 11.5 Å². The predicted molar refractivity (Wildman–Crippen MR) is 86.8 cm³/mol. The van der Waals surface area contributed by atoms with E-state index in [2.05, 4.69) is 0 Å². The normalized spacial score (nSPS) is 11.6. The van der Waals surface area contributed by atoms with Gasteiger partial charge in [-0.05, 0) is 43.3 Å². The van der Waals surface area contributed by atoms with Crippen molar-refractivity contribution in [3.63, 3.8) is 0 Å². The summed E-state index contributed by atoms with van der Waals surface area (Å²) in [7, 11) is 0. The second-order valence-corrected chi connectivity index (χ2v) is 5.35. The molecule has 0 spiro atoms. The number of anilines is 2. The molecule has 0 bridgehead atoms. The summed E-state index contributed by atoms with van der Waals surface area (Å²) in [5.74, 6) is -2.97. The summed E-state index contributed by atoms with van der Waals surface area (Å²) < 4.78 is 32.1. The van der Waals surface area contributed by atoms with Crippen LogP contribution in [0, 0.1) is 17.6 Å². The molecule has 0 aliphatic rings. The molecule has 2 aromatic carbocycles. The third kappa shape index (κ3) is 4.66. The number of carbonyl (C=O) groups excluding carboxylic acids is 1. The van der Waals surface area contributed by atoms with E-state index in [0.717, 1.165) is 17.0 Å². The van der Waals surface area contributed by atoms with Gasteiger partial charge in [0.05, 0.1) is 17.3 Å². The quantitative estimate of drug-likeness (QED) is 0.836. The number of hydrogen-bond donors (Lipinski definition) is 2. The molecule has 0 radical (unpaired) electrons. The van der Waals surface area contributed by atoms with Crippen LogP contribution < -0.4 is 15.4 Å². The number of carbonyl (C=O) groups is 2. The number of ether oxygens (including phenoxy) is 1. The van der Waals surface area contributed by atoms with Crippen LogP contribution >= 0.6 is 0 Å². The van der Waals surface area contributed by atoms with Crippen LogP contribution in [-0.4, -0.2) is 23.7 Å². The monoisotopic (exact) mass is 350 g/mol. The van der Waals surface area contributed by atoms with Gasteiger partial charge in [0, 0.05) is 6.07 Å². The third-order valence-electron chi connectivity index (χ3n) is 3.34. The van der Waals surface area contributed by atoms with Gasteiger partial charge in [-0.15, -0.1) is 0 Å². The molecular formula is C17H16F2N2O4. The van der Waals surface area contributed by atoms with E-state index in [1.165, 1.54) is 31.2 Å². The standard InChI is InChI=1S/C17H16F2N2O4/c1-10(16(22)23)9-25-15-4-2-13(3-5-15)21(17(20)24)14-7-11(18)6-12(19)8-14/h2-8,10H,9H2,1H3,(H2,20,24)(H,22,23). The van der Waals surface area contributed by atoms with E-state index in [1.807, 2.05) is 0 Å². The predicted octanol–water partition coefficient (Wildman–Crippen LogP) is 3.28. The smallest absolute Gasteiger partial charge is 0.323 e. The number of primary amides is 1. The van der Waals surface area contributed by atoms with Crippen LogP contribution in [0.5, 0.6) is 5.75 Å². The van der Waals surface area contributed by atoms with Gasteiger partial charge in [-0.3, -0.25) is 9.69 Å². The molecule has 1 unspecified atom stereocenters. The van der Waals surface area contributed by atoms with Crippen molar-refractivity contribution < 1.29 is 28.2 Å². The number of hydrogen-bond acceptors (Lipinski definition) is 3. The van der Waals surface area contributed by atoms with Gasteiger partial charge < -0.3 is 15.6 Å². The Morgan fingerprint density at radius 2 is 1.68 bits per heavy atom. The van der Waals surface area contributed by atoms with Crippen LogP contribution in [0.2, 0.25) is 0 Å². The fourth-order valence-corrected chi connectivity index (χ4v) is 2.06. The molecule has 3 N–H and O–H groups in total. The molecule has 0 heterocycles. The van der Waals surface area contributed by atoms with Crippen LogP contribution in [0.3, 0.4) is 0 Å². The molecule has 0 saturated carbocycles. The molecule has 0 aliphatic carbocycles. The fourth-order valence-electron chi connectivity index (χ4n) is 2.06. The van der Waals surface area contributed by atoms with Gasteiger partial charge in [-0.2, -0.15) is 0 Å². The lowest BCUT2D eigenvalue weighted by molar-refractivity contribution is -0.142. The van der Waals surface area contributed by atoms with E-state index >= 15 is 0 Å². The first-order chi connectivity index (χ1) is 11.8. The van der Waals surface area contributed by atoms with Gasteiger partial charge in [0.15, 0.2) is 0 Å². The summed E-state index contributed by atoms with van der Waals surface area (Å²) in [5.41, 5.74) is 5.53. The minimum Gasteiger partial charge on any atom is -0.493 e. The molecule has 25 heavy (non-hydrogen) atoms. The minimum absolute atomic E-state index is 0.0245. The highest BCUT2D eigenvalue weighted by molar-refractivity contribution is 5.98. The summed E-state index contributed by atoms with van der Waals surface area (Å²) in [6, 6.07) is 7.65. The highest BCUT2D eigenvalue weighted by Crippen LogP contribution is 2.28. The first kappa shape index (κ1) is 18.2. The topological polar surface area (TPSA) is 92.9 Å². The third-order valence-corrected chi connectivity index (χ3v) is 3.34. The lowest BCUT2D eigenvalue weighted by atomic mass is 10.2. The van der Waals surface area contributed by atoms with Gasteiger partial charge in [0.1, 0.15) is 24.0 Å². The first-order valence-electron chi connectivity index (χ1n) is 7.29. The van der Waals surface area contributed by atoms with E-state index in [9.17, 15) is 18.4 Å². The number of nitrogens with zero attached hydrogens (tertiary/aromatic N) is 1. The summed E-state index contributed by atoms with van der Waals surface area (Å²) >= 11 is 0. The van der Waals surface area contributed by atoms with Crippen LogP contribution in [-0.2, 0) is 4.79 Å². The van der Waals surface area contributed by atoms with Gasteiger partial charge >= 0.3 is 12.0 Å². The highest BCUT2D eigenvalue weighted by atomic mass is 19.1.